The van der Waals surface area contributed by atoms with Gasteiger partial charge >= 0.3 is 0 Å². The van der Waals surface area contributed by atoms with Crippen LogP contribution in [-0.2, 0) is 12.1 Å². The van der Waals surface area contributed by atoms with Crippen molar-refractivity contribution >= 4 is 17.6 Å². The Labute approximate surface area is 130 Å². The topological polar surface area (TPSA) is 41.6 Å². The van der Waals surface area contributed by atoms with E-state index in [2.05, 4.69) is 35.0 Å². The summed E-state index contributed by atoms with van der Waals surface area (Å²) >= 11 is 6.14. The Morgan fingerprint density at radius 3 is 2.67 bits per heavy atom. The van der Waals surface area contributed by atoms with E-state index in [-0.39, 0.29) is 5.54 Å². The van der Waals surface area contributed by atoms with Gasteiger partial charge in [-0.3, -0.25) is 4.99 Å². The molecule has 108 valence electrons. The summed E-state index contributed by atoms with van der Waals surface area (Å²) in [5.41, 5.74) is 8.21. The highest BCUT2D eigenvalue weighted by atomic mass is 35.5. The monoisotopic (exact) mass is 299 g/mol. The zero-order chi connectivity index (χ0) is 14.9. The molecule has 4 heteroatoms. The number of rotatable bonds is 3. The molecule has 2 N–H and O–H groups in total. The number of benzene rings is 2. The molecule has 0 saturated heterocycles. The first-order valence-corrected chi connectivity index (χ1v) is 7.35. The average Bonchev–Trinajstić information content (AvgIpc) is 2.78. The van der Waals surface area contributed by atoms with E-state index in [1.165, 1.54) is 5.56 Å². The van der Waals surface area contributed by atoms with Gasteiger partial charge in [0.15, 0.2) is 5.96 Å². The van der Waals surface area contributed by atoms with Crippen LogP contribution in [0.1, 0.15) is 18.1 Å². The Bertz CT molecular complexity index is 669. The molecule has 0 fully saturated rings. The molecule has 21 heavy (non-hydrogen) atoms. The SMILES string of the molecule is CC1(c2cccc(Cl)c2)CN=C(N)N1Cc1ccccc1. The van der Waals surface area contributed by atoms with Crippen LogP contribution in [-0.4, -0.2) is 17.4 Å². The van der Waals surface area contributed by atoms with Gasteiger partial charge in [-0.25, -0.2) is 0 Å². The lowest BCUT2D eigenvalue weighted by Gasteiger charge is -2.37. The first-order chi connectivity index (χ1) is 10.1. The maximum Gasteiger partial charge on any atom is 0.192 e. The largest absolute Gasteiger partial charge is 0.370 e. The summed E-state index contributed by atoms with van der Waals surface area (Å²) in [6.45, 7) is 3.54. The number of aliphatic imine (C=N–C) groups is 1. The highest BCUT2D eigenvalue weighted by Crippen LogP contribution is 2.34. The van der Waals surface area contributed by atoms with Gasteiger partial charge in [0.05, 0.1) is 12.1 Å². The van der Waals surface area contributed by atoms with Gasteiger partial charge in [0.1, 0.15) is 0 Å². The summed E-state index contributed by atoms with van der Waals surface area (Å²) in [4.78, 5) is 6.60. The molecule has 0 amide bonds. The number of guanidine groups is 1. The third-order valence-electron chi connectivity index (χ3n) is 4.05. The summed E-state index contributed by atoms with van der Waals surface area (Å²) < 4.78 is 0. The first kappa shape index (κ1) is 14.0. The summed E-state index contributed by atoms with van der Waals surface area (Å²) in [7, 11) is 0. The van der Waals surface area contributed by atoms with Crippen molar-refractivity contribution in [3.8, 4) is 0 Å². The molecule has 1 unspecified atom stereocenters. The van der Waals surface area contributed by atoms with Crippen LogP contribution in [0.2, 0.25) is 5.02 Å². The van der Waals surface area contributed by atoms with Gasteiger partial charge in [-0.1, -0.05) is 54.1 Å². The van der Waals surface area contributed by atoms with E-state index in [1.807, 2.05) is 36.4 Å². The van der Waals surface area contributed by atoms with Crippen molar-refractivity contribution in [1.29, 1.82) is 0 Å². The predicted octanol–water partition coefficient (Wildman–Crippen LogP) is 3.39. The minimum Gasteiger partial charge on any atom is -0.370 e. The van der Waals surface area contributed by atoms with Crippen LogP contribution in [0.15, 0.2) is 59.6 Å². The van der Waals surface area contributed by atoms with E-state index in [0.29, 0.717) is 12.5 Å². The molecule has 1 aliphatic rings. The third-order valence-corrected chi connectivity index (χ3v) is 4.29. The number of halogens is 1. The molecule has 1 heterocycles. The Morgan fingerprint density at radius 2 is 1.95 bits per heavy atom. The molecule has 3 rings (SSSR count). The average molecular weight is 300 g/mol. The summed E-state index contributed by atoms with van der Waals surface area (Å²) in [5.74, 6) is 0.585. The molecule has 2 aromatic carbocycles. The number of nitrogens with zero attached hydrogens (tertiary/aromatic N) is 2. The van der Waals surface area contributed by atoms with E-state index < -0.39 is 0 Å². The normalized spacial score (nSPS) is 21.4. The smallest absolute Gasteiger partial charge is 0.192 e. The van der Waals surface area contributed by atoms with Crippen LogP contribution in [0.4, 0.5) is 0 Å². The van der Waals surface area contributed by atoms with Crippen LogP contribution < -0.4 is 5.73 Å². The van der Waals surface area contributed by atoms with Crippen molar-refractivity contribution < 1.29 is 0 Å². The molecule has 0 aliphatic carbocycles. The van der Waals surface area contributed by atoms with E-state index in [4.69, 9.17) is 17.3 Å². The molecule has 0 radical (unpaired) electrons. The van der Waals surface area contributed by atoms with Crippen LogP contribution in [0, 0.1) is 0 Å². The predicted molar refractivity (Wildman–Crippen MR) is 87.3 cm³/mol. The highest BCUT2D eigenvalue weighted by molar-refractivity contribution is 6.30. The fourth-order valence-electron chi connectivity index (χ4n) is 2.75. The van der Waals surface area contributed by atoms with Gasteiger partial charge in [0, 0.05) is 11.6 Å². The molecular weight excluding hydrogens is 282 g/mol. The van der Waals surface area contributed by atoms with Crippen molar-refractivity contribution in [3.63, 3.8) is 0 Å². The molecule has 0 aromatic heterocycles. The van der Waals surface area contributed by atoms with Crippen LogP contribution >= 0.6 is 11.6 Å². The van der Waals surface area contributed by atoms with Gasteiger partial charge in [0.2, 0.25) is 0 Å². The highest BCUT2D eigenvalue weighted by Gasteiger charge is 2.39. The molecule has 0 spiro atoms. The lowest BCUT2D eigenvalue weighted by molar-refractivity contribution is 0.217. The van der Waals surface area contributed by atoms with Crippen LogP contribution in [0.5, 0.6) is 0 Å². The van der Waals surface area contributed by atoms with E-state index in [0.717, 1.165) is 17.1 Å². The number of nitrogens with two attached hydrogens (primary N) is 1. The fraction of sp³-hybridized carbons (Fsp3) is 0.235. The number of hydrogen-bond donors (Lipinski definition) is 1. The Morgan fingerprint density at radius 1 is 1.19 bits per heavy atom. The van der Waals surface area contributed by atoms with Crippen LogP contribution in [0.25, 0.3) is 0 Å². The quantitative estimate of drug-likeness (QED) is 0.944. The number of hydrogen-bond acceptors (Lipinski definition) is 3. The van der Waals surface area contributed by atoms with E-state index in [1.54, 1.807) is 0 Å². The van der Waals surface area contributed by atoms with Crippen molar-refractivity contribution in [1.82, 2.24) is 4.90 Å². The van der Waals surface area contributed by atoms with Crippen molar-refractivity contribution in [2.24, 2.45) is 10.7 Å². The Hall–Kier alpha value is -2.00. The Kier molecular flexibility index (Phi) is 3.60. The molecule has 3 nitrogen and oxygen atoms in total. The standard InChI is InChI=1S/C17H18ClN3/c1-17(14-8-5-9-15(18)10-14)12-20-16(19)21(17)11-13-6-3-2-4-7-13/h2-10H,11-12H2,1H3,(H2,19,20). The zero-order valence-corrected chi connectivity index (χ0v) is 12.7. The van der Waals surface area contributed by atoms with Gasteiger partial charge in [-0.2, -0.15) is 0 Å². The summed E-state index contributed by atoms with van der Waals surface area (Å²) in [5, 5.41) is 0.735. The Balaban J connectivity index is 1.94. The third kappa shape index (κ3) is 2.61. The lowest BCUT2D eigenvalue weighted by Crippen LogP contribution is -2.46. The first-order valence-electron chi connectivity index (χ1n) is 6.97. The van der Waals surface area contributed by atoms with Gasteiger partial charge in [0.25, 0.3) is 0 Å². The maximum absolute atomic E-state index is 6.14. The second-order valence-corrected chi connectivity index (χ2v) is 5.97. The van der Waals surface area contributed by atoms with E-state index >= 15 is 0 Å². The van der Waals surface area contributed by atoms with Crippen molar-refractivity contribution in [3.05, 3.63) is 70.7 Å². The molecule has 0 saturated carbocycles. The summed E-state index contributed by atoms with van der Waals surface area (Å²) in [6, 6.07) is 18.2. The molecule has 2 aromatic rings. The lowest BCUT2D eigenvalue weighted by atomic mass is 9.90. The minimum absolute atomic E-state index is 0.259. The fourth-order valence-corrected chi connectivity index (χ4v) is 2.94. The van der Waals surface area contributed by atoms with Gasteiger partial charge < -0.3 is 10.6 Å². The zero-order valence-electron chi connectivity index (χ0n) is 12.0. The molecule has 1 aliphatic heterocycles. The minimum atomic E-state index is -0.259. The summed E-state index contributed by atoms with van der Waals surface area (Å²) in [6.07, 6.45) is 0. The second-order valence-electron chi connectivity index (χ2n) is 5.53. The van der Waals surface area contributed by atoms with E-state index in [9.17, 15) is 0 Å². The molecule has 0 bridgehead atoms. The van der Waals surface area contributed by atoms with Gasteiger partial charge in [-0.05, 0) is 30.2 Å². The second kappa shape index (κ2) is 5.41. The molecular formula is C17H18ClN3. The maximum atomic E-state index is 6.14. The molecule has 1 atom stereocenters. The van der Waals surface area contributed by atoms with Crippen LogP contribution in [0.3, 0.4) is 0 Å². The van der Waals surface area contributed by atoms with Crippen molar-refractivity contribution in [2.75, 3.05) is 6.54 Å². The van der Waals surface area contributed by atoms with Gasteiger partial charge in [-0.15, -0.1) is 0 Å². The van der Waals surface area contributed by atoms with Crippen molar-refractivity contribution in [2.45, 2.75) is 19.0 Å².